The number of hydrogen-bond acceptors (Lipinski definition) is 4. The molecule has 0 bridgehead atoms. The fourth-order valence-corrected chi connectivity index (χ4v) is 5.50. The van der Waals surface area contributed by atoms with Gasteiger partial charge in [-0.15, -0.1) is 0 Å². The molecule has 10 heteroatoms. The minimum Gasteiger partial charge on any atom is -0.355 e. The van der Waals surface area contributed by atoms with Gasteiger partial charge in [-0.2, -0.15) is 0 Å². The summed E-state index contributed by atoms with van der Waals surface area (Å²) in [5.41, 5.74) is 1.17. The molecule has 2 amide bonds. The van der Waals surface area contributed by atoms with E-state index < -0.39 is 28.5 Å². The maximum Gasteiger partial charge on any atom is 0.264 e. The van der Waals surface area contributed by atoms with Crippen LogP contribution in [0.25, 0.3) is 0 Å². The van der Waals surface area contributed by atoms with Gasteiger partial charge in [0.15, 0.2) is 0 Å². The van der Waals surface area contributed by atoms with Crippen molar-refractivity contribution in [2.75, 3.05) is 23.9 Å². The van der Waals surface area contributed by atoms with E-state index in [1.54, 1.807) is 32.0 Å². The van der Waals surface area contributed by atoms with Crippen LogP contribution in [0, 0.1) is 0 Å². The zero-order valence-corrected chi connectivity index (χ0v) is 22.9. The molecule has 0 aliphatic rings. The van der Waals surface area contributed by atoms with Crippen molar-refractivity contribution in [3.05, 3.63) is 94.5 Å². The molecule has 0 heterocycles. The maximum atomic E-state index is 13.7. The van der Waals surface area contributed by atoms with Crippen LogP contribution >= 0.6 is 23.2 Å². The monoisotopic (exact) mass is 561 g/mol. The summed E-state index contributed by atoms with van der Waals surface area (Å²) in [5, 5.41) is 3.14. The van der Waals surface area contributed by atoms with Crippen molar-refractivity contribution in [2.45, 2.75) is 31.2 Å². The molecule has 3 aromatic carbocycles. The zero-order valence-electron chi connectivity index (χ0n) is 20.6. The second-order valence-electron chi connectivity index (χ2n) is 8.32. The van der Waals surface area contributed by atoms with Gasteiger partial charge in [-0.3, -0.25) is 13.9 Å². The van der Waals surface area contributed by atoms with Crippen molar-refractivity contribution >= 4 is 50.7 Å². The minimum absolute atomic E-state index is 0.0153. The first-order chi connectivity index (χ1) is 17.6. The van der Waals surface area contributed by atoms with Crippen molar-refractivity contribution in [3.63, 3.8) is 0 Å². The number of nitrogens with one attached hydrogen (secondary N) is 1. The molecule has 0 radical (unpaired) electrons. The Morgan fingerprint density at radius 1 is 0.919 bits per heavy atom. The predicted octanol–water partition coefficient (Wildman–Crippen LogP) is 4.78. The van der Waals surface area contributed by atoms with Crippen molar-refractivity contribution in [1.82, 2.24) is 10.2 Å². The average molecular weight is 563 g/mol. The van der Waals surface area contributed by atoms with E-state index in [1.165, 1.54) is 35.2 Å². The molecule has 0 unspecified atom stereocenters. The van der Waals surface area contributed by atoms with Crippen LogP contribution in [0.5, 0.6) is 0 Å². The molecule has 0 aromatic heterocycles. The number of nitrogens with zero attached hydrogens (tertiary/aromatic N) is 2. The fourth-order valence-electron chi connectivity index (χ4n) is 3.78. The Morgan fingerprint density at radius 3 is 2.14 bits per heavy atom. The van der Waals surface area contributed by atoms with Crippen LogP contribution < -0.4 is 9.62 Å². The molecule has 7 nitrogen and oxygen atoms in total. The summed E-state index contributed by atoms with van der Waals surface area (Å²) in [6, 6.07) is 20.9. The summed E-state index contributed by atoms with van der Waals surface area (Å²) in [7, 11) is -4.15. The molecule has 0 saturated carbocycles. The van der Waals surface area contributed by atoms with Crippen LogP contribution in [-0.4, -0.2) is 50.8 Å². The molecular weight excluding hydrogens is 533 g/mol. The molecule has 37 heavy (non-hydrogen) atoms. The van der Waals surface area contributed by atoms with E-state index >= 15 is 0 Å². The molecule has 196 valence electrons. The Hall–Kier alpha value is -3.07. The summed E-state index contributed by atoms with van der Waals surface area (Å²) >= 11 is 12.3. The van der Waals surface area contributed by atoms with E-state index in [9.17, 15) is 18.0 Å². The highest BCUT2D eigenvalue weighted by molar-refractivity contribution is 7.92. The van der Waals surface area contributed by atoms with Crippen molar-refractivity contribution < 1.29 is 18.0 Å². The Kier molecular flexibility index (Phi) is 9.97. The lowest BCUT2D eigenvalue weighted by Crippen LogP contribution is -2.52. The van der Waals surface area contributed by atoms with Crippen LogP contribution in [0.2, 0.25) is 10.0 Å². The fraction of sp³-hybridized carbons (Fsp3) is 0.259. The summed E-state index contributed by atoms with van der Waals surface area (Å²) in [5.74, 6) is -0.851. The van der Waals surface area contributed by atoms with Crippen molar-refractivity contribution in [1.29, 1.82) is 0 Å². The first-order valence-corrected chi connectivity index (χ1v) is 14.0. The van der Waals surface area contributed by atoms with Gasteiger partial charge in [-0.25, -0.2) is 8.42 Å². The van der Waals surface area contributed by atoms with Crippen LogP contribution in [0.15, 0.2) is 83.8 Å². The normalized spacial score (nSPS) is 12.0. The summed E-state index contributed by atoms with van der Waals surface area (Å²) in [4.78, 5) is 27.8. The zero-order chi connectivity index (χ0) is 27.0. The topological polar surface area (TPSA) is 86.8 Å². The quantitative estimate of drug-likeness (QED) is 0.364. The number of carbonyl (C=O) groups excluding carboxylic acids is 2. The Balaban J connectivity index is 1.98. The lowest BCUT2D eigenvalue weighted by atomic mass is 10.1. The molecule has 0 aliphatic carbocycles. The summed E-state index contributed by atoms with van der Waals surface area (Å²) < 4.78 is 28.3. The predicted molar refractivity (Wildman–Crippen MR) is 147 cm³/mol. The van der Waals surface area contributed by atoms with E-state index in [0.29, 0.717) is 13.0 Å². The standard InChI is InChI=1S/C27H29Cl2N3O4S/c1-3-30-27(34)20(2)31(17-16-21-10-6-4-7-11-21)26(33)19-32(22-14-15-24(28)25(29)18-22)37(35,36)23-12-8-5-9-13-23/h4-15,18,20H,3,16-17,19H2,1-2H3,(H,30,34)/t20-/m0/s1. The molecule has 3 rings (SSSR count). The third-order valence-electron chi connectivity index (χ3n) is 5.80. The third-order valence-corrected chi connectivity index (χ3v) is 8.33. The van der Waals surface area contributed by atoms with E-state index in [-0.39, 0.29) is 33.1 Å². The van der Waals surface area contributed by atoms with Gasteiger partial charge in [0.1, 0.15) is 12.6 Å². The molecule has 0 fully saturated rings. The number of rotatable bonds is 11. The number of likely N-dealkylation sites (N-methyl/N-ethyl adjacent to an activating group) is 1. The van der Waals surface area contributed by atoms with Crippen molar-refractivity contribution in [2.24, 2.45) is 0 Å². The van der Waals surface area contributed by atoms with E-state index in [2.05, 4.69) is 5.32 Å². The van der Waals surface area contributed by atoms with Crippen LogP contribution in [0.4, 0.5) is 5.69 Å². The second kappa shape index (κ2) is 12.9. The molecule has 0 aliphatic heterocycles. The van der Waals surface area contributed by atoms with Crippen molar-refractivity contribution in [3.8, 4) is 0 Å². The largest absolute Gasteiger partial charge is 0.355 e. The number of hydrogen-bond donors (Lipinski definition) is 1. The number of carbonyl (C=O) groups is 2. The van der Waals surface area contributed by atoms with Gasteiger partial charge in [-0.05, 0) is 56.2 Å². The molecule has 1 atom stereocenters. The second-order valence-corrected chi connectivity index (χ2v) is 11.0. The Morgan fingerprint density at radius 2 is 1.54 bits per heavy atom. The van der Waals surface area contributed by atoms with Gasteiger partial charge >= 0.3 is 0 Å². The molecule has 0 saturated heterocycles. The Labute approximate surface area is 228 Å². The highest BCUT2D eigenvalue weighted by Crippen LogP contribution is 2.30. The van der Waals surface area contributed by atoms with E-state index in [1.807, 2.05) is 30.3 Å². The van der Waals surface area contributed by atoms with Crippen LogP contribution in [0.1, 0.15) is 19.4 Å². The van der Waals surface area contributed by atoms with E-state index in [4.69, 9.17) is 23.2 Å². The lowest BCUT2D eigenvalue weighted by molar-refractivity contribution is -0.138. The van der Waals surface area contributed by atoms with Gasteiger partial charge in [0.05, 0.1) is 20.6 Å². The number of sulfonamides is 1. The molecule has 1 N–H and O–H groups in total. The smallest absolute Gasteiger partial charge is 0.264 e. The SMILES string of the molecule is CCNC(=O)[C@H](C)N(CCc1ccccc1)C(=O)CN(c1ccc(Cl)c(Cl)c1)S(=O)(=O)c1ccccc1. The molecule has 0 spiro atoms. The van der Waals surface area contributed by atoms with Crippen LogP contribution in [0.3, 0.4) is 0 Å². The summed E-state index contributed by atoms with van der Waals surface area (Å²) in [6.45, 7) is 3.51. The van der Waals surface area contributed by atoms with Gasteiger partial charge in [0.2, 0.25) is 11.8 Å². The number of halogens is 2. The highest BCUT2D eigenvalue weighted by atomic mass is 35.5. The minimum atomic E-state index is -4.15. The number of amides is 2. The van der Waals surface area contributed by atoms with Gasteiger partial charge < -0.3 is 10.2 Å². The number of anilines is 1. The lowest BCUT2D eigenvalue weighted by Gasteiger charge is -2.32. The van der Waals surface area contributed by atoms with Crippen LogP contribution in [-0.2, 0) is 26.0 Å². The molecule has 3 aromatic rings. The molecular formula is C27H29Cl2N3O4S. The van der Waals surface area contributed by atoms with E-state index in [0.717, 1.165) is 9.87 Å². The number of benzene rings is 3. The summed E-state index contributed by atoms with van der Waals surface area (Å²) in [6.07, 6.45) is 0.495. The van der Waals surface area contributed by atoms with Gasteiger partial charge in [-0.1, -0.05) is 71.7 Å². The average Bonchev–Trinajstić information content (AvgIpc) is 2.90. The van der Waals surface area contributed by atoms with Gasteiger partial charge in [0.25, 0.3) is 10.0 Å². The van der Waals surface area contributed by atoms with Gasteiger partial charge in [0, 0.05) is 13.1 Å². The first kappa shape index (κ1) is 28.5. The highest BCUT2D eigenvalue weighted by Gasteiger charge is 2.32. The maximum absolute atomic E-state index is 13.7. The Bertz CT molecular complexity index is 1320. The third kappa shape index (κ3) is 7.25. The first-order valence-electron chi connectivity index (χ1n) is 11.8.